The van der Waals surface area contributed by atoms with Gasteiger partial charge in [0.25, 0.3) is 5.91 Å². The summed E-state index contributed by atoms with van der Waals surface area (Å²) in [6.07, 6.45) is 6.11. The fraction of sp³-hybridized carbons (Fsp3) is 0.472. The molecule has 0 saturated heterocycles. The quantitative estimate of drug-likeness (QED) is 0.120. The number of aryl methyl sites for hydroxylation is 4. The highest BCUT2D eigenvalue weighted by Gasteiger charge is 2.36. The van der Waals surface area contributed by atoms with Crippen molar-refractivity contribution in [3.63, 3.8) is 0 Å². The zero-order valence-corrected chi connectivity index (χ0v) is 26.1. The predicted molar refractivity (Wildman–Crippen MR) is 172 cm³/mol. The third-order valence-electron chi connectivity index (χ3n) is 7.90. The molecule has 0 aliphatic heterocycles. The highest BCUT2D eigenvalue weighted by Crippen LogP contribution is 2.18. The number of benzene rings is 3. The number of amides is 1. The molecular weight excluding hydrogens is 558 g/mol. The maximum Gasteiger partial charge on any atom is 0.336 e. The highest BCUT2D eigenvalue weighted by molar-refractivity contribution is 5.88. The molecule has 0 aliphatic carbocycles. The average molecular weight is 606 g/mol. The largest absolute Gasteiger partial charge is 0.480 e. The lowest BCUT2D eigenvalue weighted by molar-refractivity contribution is -0.172. The Balaban J connectivity index is 1.38. The molecule has 3 N–H and O–H groups in total. The van der Waals surface area contributed by atoms with E-state index < -0.39 is 36.7 Å². The lowest BCUT2D eigenvalue weighted by Gasteiger charge is -2.23. The topological polar surface area (TPSA) is 122 Å². The summed E-state index contributed by atoms with van der Waals surface area (Å²) in [4.78, 5) is 35.9. The molecule has 0 saturated carbocycles. The van der Waals surface area contributed by atoms with Crippen LogP contribution in [0.25, 0.3) is 10.8 Å². The molecular formula is C36H47NO7. The predicted octanol–water partition coefficient (Wildman–Crippen LogP) is 6.42. The Morgan fingerprint density at radius 2 is 1.32 bits per heavy atom. The molecule has 238 valence electrons. The van der Waals surface area contributed by atoms with E-state index in [-0.39, 0.29) is 6.61 Å². The van der Waals surface area contributed by atoms with E-state index in [0.717, 1.165) is 57.8 Å². The second-order valence-corrected chi connectivity index (χ2v) is 11.5. The molecule has 3 aromatic carbocycles. The van der Waals surface area contributed by atoms with Crippen LogP contribution in [0, 0.1) is 13.8 Å². The first-order chi connectivity index (χ1) is 21.2. The number of ether oxygens (including phenoxy) is 2. The van der Waals surface area contributed by atoms with Crippen LogP contribution in [0.4, 0.5) is 0 Å². The van der Waals surface area contributed by atoms with Crippen LogP contribution >= 0.6 is 0 Å². The van der Waals surface area contributed by atoms with Gasteiger partial charge in [-0.05, 0) is 85.4 Å². The fourth-order valence-electron chi connectivity index (χ4n) is 5.22. The van der Waals surface area contributed by atoms with E-state index in [9.17, 15) is 19.5 Å². The first kappa shape index (κ1) is 34.7. The summed E-state index contributed by atoms with van der Waals surface area (Å²) in [5, 5.41) is 23.8. The van der Waals surface area contributed by atoms with Gasteiger partial charge in [-0.1, -0.05) is 86.3 Å². The summed E-state index contributed by atoms with van der Waals surface area (Å²) in [7, 11) is 0. The van der Waals surface area contributed by atoms with Crippen molar-refractivity contribution < 1.29 is 34.1 Å². The maximum absolute atomic E-state index is 13.0. The van der Waals surface area contributed by atoms with Gasteiger partial charge in [0.1, 0.15) is 6.61 Å². The summed E-state index contributed by atoms with van der Waals surface area (Å²) in [6.45, 7) is 3.96. The molecule has 2 atom stereocenters. The van der Waals surface area contributed by atoms with Crippen LogP contribution in [0.5, 0.6) is 0 Å². The zero-order chi connectivity index (χ0) is 31.7. The number of hydrogen-bond donors (Lipinski definition) is 3. The molecule has 8 nitrogen and oxygen atoms in total. The van der Waals surface area contributed by atoms with Crippen LogP contribution < -0.4 is 5.32 Å². The van der Waals surface area contributed by atoms with E-state index in [1.54, 1.807) is 0 Å². The van der Waals surface area contributed by atoms with E-state index in [4.69, 9.17) is 14.6 Å². The van der Waals surface area contributed by atoms with E-state index in [0.29, 0.717) is 13.0 Å². The first-order valence-corrected chi connectivity index (χ1v) is 15.7. The third-order valence-corrected chi connectivity index (χ3v) is 7.90. The molecule has 3 rings (SSSR count). The molecule has 3 aromatic rings. The van der Waals surface area contributed by atoms with Gasteiger partial charge in [-0.3, -0.25) is 4.79 Å². The molecule has 0 aromatic heterocycles. The summed E-state index contributed by atoms with van der Waals surface area (Å²) >= 11 is 0. The summed E-state index contributed by atoms with van der Waals surface area (Å²) < 4.78 is 10.8. The Kier molecular flexibility index (Phi) is 14.9. The van der Waals surface area contributed by atoms with Gasteiger partial charge in [0.2, 0.25) is 0 Å². The number of rotatable bonds is 21. The second-order valence-electron chi connectivity index (χ2n) is 11.5. The molecule has 0 heterocycles. The first-order valence-electron chi connectivity index (χ1n) is 15.7. The number of unbranched alkanes of at least 4 members (excludes halogenated alkanes) is 6. The van der Waals surface area contributed by atoms with Crippen LogP contribution in [-0.4, -0.2) is 60.0 Å². The standard InChI is InChI=1S/C36H47NO7/c1-26-17-18-28(23-27(26)2)13-7-4-3-5-11-21-37-35(40)33(34(36(41)42)44-25-32(38)39)43-22-12-6-8-14-29-19-20-30-15-9-10-16-31(30)24-29/h9-10,15-20,23-24,33-34H,3-8,11-14,21-22,25H2,1-2H3,(H,37,40)(H,38,39)(H,41,42). The van der Waals surface area contributed by atoms with E-state index in [1.807, 2.05) is 12.1 Å². The van der Waals surface area contributed by atoms with Crippen molar-refractivity contribution in [2.75, 3.05) is 19.8 Å². The van der Waals surface area contributed by atoms with Gasteiger partial charge in [-0.15, -0.1) is 0 Å². The Labute approximate surface area is 260 Å². The molecule has 44 heavy (non-hydrogen) atoms. The van der Waals surface area contributed by atoms with Crippen LogP contribution in [0.3, 0.4) is 0 Å². The van der Waals surface area contributed by atoms with E-state index in [1.165, 1.54) is 33.0 Å². The fourth-order valence-corrected chi connectivity index (χ4v) is 5.22. The molecule has 0 spiro atoms. The second kappa shape index (κ2) is 18.8. The Morgan fingerprint density at radius 3 is 2.02 bits per heavy atom. The number of carboxylic acid groups (broad SMARTS) is 2. The van der Waals surface area contributed by atoms with Gasteiger partial charge in [0.15, 0.2) is 12.2 Å². The van der Waals surface area contributed by atoms with Crippen LogP contribution in [0.1, 0.15) is 73.6 Å². The van der Waals surface area contributed by atoms with E-state index in [2.05, 4.69) is 67.7 Å². The number of carbonyl (C=O) groups excluding carboxylic acids is 1. The van der Waals surface area contributed by atoms with Crippen LogP contribution in [-0.2, 0) is 36.7 Å². The molecule has 0 aliphatic rings. The number of carboxylic acids is 2. The zero-order valence-electron chi connectivity index (χ0n) is 26.1. The number of fused-ring (bicyclic) bond motifs is 1. The normalized spacial score (nSPS) is 12.6. The molecule has 0 radical (unpaired) electrons. The van der Waals surface area contributed by atoms with Crippen molar-refractivity contribution in [2.45, 2.75) is 90.3 Å². The van der Waals surface area contributed by atoms with Crippen molar-refractivity contribution in [1.29, 1.82) is 0 Å². The van der Waals surface area contributed by atoms with Crippen molar-refractivity contribution in [3.8, 4) is 0 Å². The van der Waals surface area contributed by atoms with E-state index >= 15 is 0 Å². The third kappa shape index (κ3) is 12.1. The Hall–Kier alpha value is -3.75. The lowest BCUT2D eigenvalue weighted by Crippen LogP contribution is -2.49. The van der Waals surface area contributed by atoms with Crippen molar-refractivity contribution in [1.82, 2.24) is 5.32 Å². The Morgan fingerprint density at radius 1 is 0.682 bits per heavy atom. The van der Waals surface area contributed by atoms with Crippen molar-refractivity contribution in [3.05, 3.63) is 82.9 Å². The van der Waals surface area contributed by atoms with Gasteiger partial charge in [0.05, 0.1) is 0 Å². The lowest BCUT2D eigenvalue weighted by atomic mass is 10.0. The number of carbonyl (C=O) groups is 3. The number of hydrogen-bond acceptors (Lipinski definition) is 5. The van der Waals surface area contributed by atoms with Crippen molar-refractivity contribution >= 4 is 28.6 Å². The highest BCUT2D eigenvalue weighted by atomic mass is 16.6. The van der Waals surface area contributed by atoms with Crippen LogP contribution in [0.15, 0.2) is 60.7 Å². The maximum atomic E-state index is 13.0. The van der Waals surface area contributed by atoms with Gasteiger partial charge < -0.3 is 25.0 Å². The SMILES string of the molecule is Cc1ccc(CCCCCCCNC(=O)C(OCCCCCc2ccc3ccccc3c2)C(OCC(=O)O)C(=O)O)cc1C. The van der Waals surface area contributed by atoms with Gasteiger partial charge in [0, 0.05) is 13.2 Å². The minimum absolute atomic E-state index is 0.163. The average Bonchev–Trinajstić information content (AvgIpc) is 3.00. The minimum atomic E-state index is -1.71. The minimum Gasteiger partial charge on any atom is -0.480 e. The monoisotopic (exact) mass is 605 g/mol. The molecule has 1 amide bonds. The van der Waals surface area contributed by atoms with Gasteiger partial charge in [-0.25, -0.2) is 9.59 Å². The van der Waals surface area contributed by atoms with Gasteiger partial charge >= 0.3 is 11.9 Å². The van der Waals surface area contributed by atoms with Gasteiger partial charge in [-0.2, -0.15) is 0 Å². The summed E-state index contributed by atoms with van der Waals surface area (Å²) in [5.74, 6) is -3.36. The Bertz CT molecular complexity index is 1360. The molecule has 0 bridgehead atoms. The molecule has 8 heteroatoms. The van der Waals surface area contributed by atoms with Crippen molar-refractivity contribution in [2.24, 2.45) is 0 Å². The summed E-state index contributed by atoms with van der Waals surface area (Å²) in [6, 6.07) is 21.3. The summed E-state index contributed by atoms with van der Waals surface area (Å²) in [5.41, 5.74) is 5.22. The molecule has 2 unspecified atom stereocenters. The number of nitrogens with one attached hydrogen (secondary N) is 1. The molecule has 0 fully saturated rings. The van der Waals surface area contributed by atoms with Crippen LogP contribution in [0.2, 0.25) is 0 Å². The number of aliphatic carboxylic acids is 2. The smallest absolute Gasteiger partial charge is 0.336 e.